The highest BCUT2D eigenvalue weighted by molar-refractivity contribution is 7.89. The van der Waals surface area contributed by atoms with Crippen molar-refractivity contribution in [1.29, 1.82) is 0 Å². The molecule has 0 spiro atoms. The van der Waals surface area contributed by atoms with Crippen molar-refractivity contribution in [3.05, 3.63) is 11.4 Å². The maximum absolute atomic E-state index is 11.8. The van der Waals surface area contributed by atoms with Gasteiger partial charge in [0, 0.05) is 6.04 Å². The Bertz CT molecular complexity index is 563. The third kappa shape index (κ3) is 2.32. The number of amides is 1. The molecule has 1 fully saturated rings. The van der Waals surface area contributed by atoms with Crippen molar-refractivity contribution in [1.82, 2.24) is 15.5 Å². The van der Waals surface area contributed by atoms with E-state index in [-0.39, 0.29) is 22.3 Å². The van der Waals surface area contributed by atoms with Gasteiger partial charge in [-0.05, 0) is 19.3 Å². The molecule has 0 saturated heterocycles. The molecule has 0 aliphatic heterocycles. The third-order valence-corrected chi connectivity index (χ3v) is 3.89. The molecule has 17 heavy (non-hydrogen) atoms. The fraction of sp³-hybridized carbons (Fsp3) is 0.556. The minimum Gasteiger partial charge on any atom is -0.348 e. The molecule has 1 saturated carbocycles. The van der Waals surface area contributed by atoms with Crippen LogP contribution in [0.4, 0.5) is 0 Å². The zero-order valence-corrected chi connectivity index (χ0v) is 10.3. The van der Waals surface area contributed by atoms with E-state index in [1.165, 1.54) is 6.92 Å². The molecule has 2 rings (SSSR count). The maximum atomic E-state index is 11.8. The molecule has 1 aliphatic rings. The fourth-order valence-electron chi connectivity index (χ4n) is 1.68. The minimum absolute atomic E-state index is 0.104. The lowest BCUT2D eigenvalue weighted by molar-refractivity contribution is 0.0941. The van der Waals surface area contributed by atoms with Gasteiger partial charge in [-0.15, -0.1) is 0 Å². The Labute approximate surface area is 98.8 Å². The molecule has 94 valence electrons. The van der Waals surface area contributed by atoms with Crippen LogP contribution in [-0.2, 0) is 10.0 Å². The molecule has 1 aromatic rings. The summed E-state index contributed by atoms with van der Waals surface area (Å²) in [7, 11) is -3.95. The monoisotopic (exact) mass is 258 g/mol. The molecule has 2 unspecified atom stereocenters. The van der Waals surface area contributed by atoms with E-state index in [0.717, 1.165) is 6.42 Å². The molecule has 7 nitrogen and oxygen atoms in total. The fourth-order valence-corrected chi connectivity index (χ4v) is 2.56. The van der Waals surface area contributed by atoms with Crippen molar-refractivity contribution in [2.45, 2.75) is 31.2 Å². The number of sulfonamides is 1. The highest BCUT2D eigenvalue weighted by Gasteiger charge is 2.36. The number of aromatic amines is 1. The number of carbonyl (C=O) groups excluding carboxylic acids is 1. The number of H-pyrrole nitrogens is 1. The third-order valence-electron chi connectivity index (χ3n) is 2.82. The average molecular weight is 258 g/mol. The van der Waals surface area contributed by atoms with Crippen LogP contribution in [0.3, 0.4) is 0 Å². The van der Waals surface area contributed by atoms with Crippen molar-refractivity contribution < 1.29 is 13.2 Å². The second-order valence-electron chi connectivity index (χ2n) is 4.36. The van der Waals surface area contributed by atoms with E-state index in [0.29, 0.717) is 5.92 Å². The van der Waals surface area contributed by atoms with Gasteiger partial charge in [0.05, 0.1) is 5.69 Å². The molecule has 1 aromatic heterocycles. The molecule has 1 aliphatic carbocycles. The SMILES string of the molecule is Cc1[nH]nc(C(=O)NC2CC2C)c1S(N)(=O)=O. The van der Waals surface area contributed by atoms with Gasteiger partial charge in [-0.2, -0.15) is 5.10 Å². The first-order valence-corrected chi connectivity index (χ1v) is 6.74. The van der Waals surface area contributed by atoms with Gasteiger partial charge in [0.15, 0.2) is 5.69 Å². The van der Waals surface area contributed by atoms with Crippen molar-refractivity contribution in [3.8, 4) is 0 Å². The molecule has 2 atom stereocenters. The summed E-state index contributed by atoms with van der Waals surface area (Å²) in [6.45, 7) is 3.50. The van der Waals surface area contributed by atoms with Gasteiger partial charge in [0.25, 0.3) is 5.91 Å². The van der Waals surface area contributed by atoms with Gasteiger partial charge in [-0.25, -0.2) is 13.6 Å². The minimum atomic E-state index is -3.95. The Morgan fingerprint density at radius 2 is 2.18 bits per heavy atom. The first-order valence-electron chi connectivity index (χ1n) is 5.19. The zero-order chi connectivity index (χ0) is 12.8. The smallest absolute Gasteiger partial charge is 0.273 e. The summed E-state index contributed by atoms with van der Waals surface area (Å²) in [6.07, 6.45) is 0.903. The summed E-state index contributed by atoms with van der Waals surface area (Å²) < 4.78 is 22.7. The molecule has 1 heterocycles. The van der Waals surface area contributed by atoms with Crippen LogP contribution in [0, 0.1) is 12.8 Å². The summed E-state index contributed by atoms with van der Waals surface area (Å²) in [5.41, 5.74) is 0.102. The van der Waals surface area contributed by atoms with E-state index in [1.54, 1.807) is 0 Å². The predicted octanol–water partition coefficient (Wildman–Crippen LogP) is -0.496. The largest absolute Gasteiger partial charge is 0.348 e. The quantitative estimate of drug-likeness (QED) is 0.677. The Balaban J connectivity index is 2.30. The Kier molecular flexibility index (Phi) is 2.70. The number of hydrogen-bond acceptors (Lipinski definition) is 4. The van der Waals surface area contributed by atoms with Gasteiger partial charge in [-0.3, -0.25) is 9.89 Å². The Morgan fingerprint density at radius 1 is 1.59 bits per heavy atom. The highest BCUT2D eigenvalue weighted by atomic mass is 32.2. The van der Waals surface area contributed by atoms with E-state index in [1.807, 2.05) is 6.92 Å². The number of rotatable bonds is 3. The molecular formula is C9H14N4O3S. The van der Waals surface area contributed by atoms with Crippen molar-refractivity contribution >= 4 is 15.9 Å². The van der Waals surface area contributed by atoms with Crippen LogP contribution in [0.5, 0.6) is 0 Å². The standard InChI is InChI=1S/C9H14N4O3S/c1-4-3-6(4)11-9(14)7-8(17(10,15)16)5(2)12-13-7/h4,6H,3H2,1-2H3,(H,11,14)(H,12,13)(H2,10,15,16). The van der Waals surface area contributed by atoms with Crippen LogP contribution < -0.4 is 10.5 Å². The number of primary sulfonamides is 1. The van der Waals surface area contributed by atoms with Crippen molar-refractivity contribution in [3.63, 3.8) is 0 Å². The van der Waals surface area contributed by atoms with Crippen LogP contribution in [-0.4, -0.2) is 30.6 Å². The Morgan fingerprint density at radius 3 is 2.65 bits per heavy atom. The second kappa shape index (κ2) is 3.81. The summed E-state index contributed by atoms with van der Waals surface area (Å²) in [4.78, 5) is 11.6. The van der Waals surface area contributed by atoms with Gasteiger partial charge < -0.3 is 5.32 Å². The molecule has 0 aromatic carbocycles. The van der Waals surface area contributed by atoms with Gasteiger partial charge >= 0.3 is 0 Å². The number of nitrogens with two attached hydrogens (primary N) is 1. The summed E-state index contributed by atoms with van der Waals surface area (Å²) >= 11 is 0. The van der Waals surface area contributed by atoms with Gasteiger partial charge in [0.2, 0.25) is 10.0 Å². The molecule has 4 N–H and O–H groups in total. The van der Waals surface area contributed by atoms with Crippen molar-refractivity contribution in [2.24, 2.45) is 11.1 Å². The number of aryl methyl sites for hydroxylation is 1. The normalized spacial score (nSPS) is 23.5. The molecule has 1 amide bonds. The van der Waals surface area contributed by atoms with Gasteiger partial charge in [0.1, 0.15) is 4.90 Å². The zero-order valence-electron chi connectivity index (χ0n) is 9.52. The Hall–Kier alpha value is -1.41. The number of aromatic nitrogens is 2. The summed E-state index contributed by atoms with van der Waals surface area (Å²) in [5, 5.41) is 13.9. The van der Waals surface area contributed by atoms with Crippen LogP contribution >= 0.6 is 0 Å². The molecule has 0 bridgehead atoms. The summed E-state index contributed by atoms with van der Waals surface area (Å²) in [5.74, 6) is -0.0790. The van der Waals surface area contributed by atoms with E-state index >= 15 is 0 Å². The van der Waals surface area contributed by atoms with Crippen LogP contribution in [0.2, 0.25) is 0 Å². The number of hydrogen-bond donors (Lipinski definition) is 3. The van der Waals surface area contributed by atoms with E-state index < -0.39 is 15.9 Å². The highest BCUT2D eigenvalue weighted by Crippen LogP contribution is 2.29. The predicted molar refractivity (Wildman–Crippen MR) is 59.7 cm³/mol. The maximum Gasteiger partial charge on any atom is 0.273 e. The first kappa shape index (κ1) is 12.1. The topological polar surface area (TPSA) is 118 Å². The first-order chi connectivity index (χ1) is 7.80. The van der Waals surface area contributed by atoms with Crippen molar-refractivity contribution in [2.75, 3.05) is 0 Å². The number of nitrogens with zero attached hydrogens (tertiary/aromatic N) is 1. The molecule has 8 heteroatoms. The van der Waals surface area contributed by atoms with E-state index in [2.05, 4.69) is 15.5 Å². The number of carbonyl (C=O) groups is 1. The lowest BCUT2D eigenvalue weighted by Crippen LogP contribution is -2.29. The second-order valence-corrected chi connectivity index (χ2v) is 5.86. The molecule has 0 radical (unpaired) electrons. The van der Waals surface area contributed by atoms with Crippen LogP contribution in [0.15, 0.2) is 4.90 Å². The van der Waals surface area contributed by atoms with E-state index in [9.17, 15) is 13.2 Å². The lowest BCUT2D eigenvalue weighted by Gasteiger charge is -2.03. The van der Waals surface area contributed by atoms with E-state index in [4.69, 9.17) is 5.14 Å². The van der Waals surface area contributed by atoms with Gasteiger partial charge in [-0.1, -0.05) is 6.92 Å². The number of nitrogens with one attached hydrogen (secondary N) is 2. The van der Waals surface area contributed by atoms with Crippen LogP contribution in [0.1, 0.15) is 29.5 Å². The summed E-state index contributed by atoms with van der Waals surface area (Å²) in [6, 6.07) is 0.104. The average Bonchev–Trinajstić information content (AvgIpc) is 2.73. The lowest BCUT2D eigenvalue weighted by atomic mass is 10.3. The molecular weight excluding hydrogens is 244 g/mol. The van der Waals surface area contributed by atoms with Crippen LogP contribution in [0.25, 0.3) is 0 Å².